The van der Waals surface area contributed by atoms with Gasteiger partial charge in [-0.3, -0.25) is 9.48 Å². The van der Waals surface area contributed by atoms with E-state index in [4.69, 9.17) is 0 Å². The van der Waals surface area contributed by atoms with Crippen LogP contribution in [0.5, 0.6) is 0 Å². The lowest BCUT2D eigenvalue weighted by molar-refractivity contribution is -0.117. The Bertz CT molecular complexity index is 346. The van der Waals surface area contributed by atoms with Gasteiger partial charge in [0.25, 0.3) is 0 Å². The lowest BCUT2D eigenvalue weighted by atomic mass is 10.2. The zero-order chi connectivity index (χ0) is 10.7. The lowest BCUT2D eigenvalue weighted by Gasteiger charge is -2.01. The van der Waals surface area contributed by atoms with Gasteiger partial charge in [-0.25, -0.2) is 0 Å². The Morgan fingerprint density at radius 1 is 1.64 bits per heavy atom. The summed E-state index contributed by atoms with van der Waals surface area (Å²) in [6, 6.07) is 0. The molecule has 0 saturated carbocycles. The summed E-state index contributed by atoms with van der Waals surface area (Å²) in [5.74, 6) is 0.163. The first kappa shape index (κ1) is 11.4. The van der Waals surface area contributed by atoms with Crippen molar-refractivity contribution in [2.75, 3.05) is 13.6 Å². The van der Waals surface area contributed by atoms with E-state index in [0.29, 0.717) is 13.0 Å². The Balaban J connectivity index is 2.81. The van der Waals surface area contributed by atoms with Gasteiger partial charge in [-0.15, -0.1) is 0 Å². The molecule has 0 radical (unpaired) electrons. The number of rotatable bonds is 4. The van der Waals surface area contributed by atoms with Gasteiger partial charge in [0.1, 0.15) is 0 Å². The molecule has 1 N–H and O–H groups in total. The van der Waals surface area contributed by atoms with Crippen molar-refractivity contribution in [2.45, 2.75) is 13.3 Å². The second kappa shape index (κ2) is 4.70. The first-order chi connectivity index (χ1) is 6.56. The molecular formula is C9H14BrN3O. The maximum absolute atomic E-state index is 11.4. The minimum Gasteiger partial charge on any atom is -0.313 e. The van der Waals surface area contributed by atoms with Crippen LogP contribution in [0.2, 0.25) is 0 Å². The molecule has 1 heterocycles. The van der Waals surface area contributed by atoms with Crippen LogP contribution in [0.4, 0.5) is 0 Å². The van der Waals surface area contributed by atoms with Crippen LogP contribution in [0.15, 0.2) is 4.47 Å². The molecule has 0 spiro atoms. The van der Waals surface area contributed by atoms with Gasteiger partial charge in [-0.1, -0.05) is 0 Å². The molecule has 4 nitrogen and oxygen atoms in total. The average Bonchev–Trinajstić information content (AvgIpc) is 2.33. The summed E-state index contributed by atoms with van der Waals surface area (Å²) in [7, 11) is 3.61. The standard InChI is InChI=1S/C9H14BrN3O/c1-6-9(10)8(13(3)12-6)4-7(14)5-11-2/h11H,4-5H2,1-3H3. The molecule has 0 atom stereocenters. The predicted molar refractivity (Wildman–Crippen MR) is 58.3 cm³/mol. The van der Waals surface area contributed by atoms with Crippen molar-refractivity contribution in [3.8, 4) is 0 Å². The molecule has 0 amide bonds. The number of carbonyl (C=O) groups excluding carboxylic acids is 1. The van der Waals surface area contributed by atoms with E-state index < -0.39 is 0 Å². The number of carbonyl (C=O) groups is 1. The molecule has 1 rings (SSSR count). The molecule has 0 aliphatic rings. The molecule has 0 aromatic carbocycles. The van der Waals surface area contributed by atoms with Crippen LogP contribution in [0.3, 0.4) is 0 Å². The van der Waals surface area contributed by atoms with Gasteiger partial charge in [0.15, 0.2) is 5.78 Å². The van der Waals surface area contributed by atoms with E-state index in [0.717, 1.165) is 15.9 Å². The third-order valence-corrected chi connectivity index (χ3v) is 3.03. The van der Waals surface area contributed by atoms with Gasteiger partial charge >= 0.3 is 0 Å². The molecule has 0 saturated heterocycles. The molecule has 1 aromatic rings. The predicted octanol–water partition coefficient (Wildman–Crippen LogP) is 0.822. The number of nitrogens with one attached hydrogen (secondary N) is 1. The Kier molecular flexibility index (Phi) is 3.83. The van der Waals surface area contributed by atoms with Gasteiger partial charge in [-0.2, -0.15) is 5.10 Å². The van der Waals surface area contributed by atoms with E-state index in [1.165, 1.54) is 0 Å². The van der Waals surface area contributed by atoms with E-state index >= 15 is 0 Å². The fourth-order valence-corrected chi connectivity index (χ4v) is 1.79. The second-order valence-electron chi connectivity index (χ2n) is 3.22. The molecule has 78 valence electrons. The van der Waals surface area contributed by atoms with Crippen molar-refractivity contribution in [2.24, 2.45) is 7.05 Å². The summed E-state index contributed by atoms with van der Waals surface area (Å²) in [5.41, 5.74) is 1.85. The fraction of sp³-hybridized carbons (Fsp3) is 0.556. The summed E-state index contributed by atoms with van der Waals surface area (Å²) < 4.78 is 2.68. The summed E-state index contributed by atoms with van der Waals surface area (Å²) in [5, 5.41) is 7.06. The van der Waals surface area contributed by atoms with Crippen molar-refractivity contribution in [3.05, 3.63) is 15.9 Å². The number of hydrogen-bond donors (Lipinski definition) is 1. The summed E-state index contributed by atoms with van der Waals surface area (Å²) in [4.78, 5) is 11.4. The minimum atomic E-state index is 0.163. The Morgan fingerprint density at radius 2 is 2.29 bits per heavy atom. The highest BCUT2D eigenvalue weighted by Crippen LogP contribution is 2.20. The van der Waals surface area contributed by atoms with E-state index in [-0.39, 0.29) is 5.78 Å². The topological polar surface area (TPSA) is 46.9 Å². The average molecular weight is 260 g/mol. The van der Waals surface area contributed by atoms with Gasteiger partial charge < -0.3 is 5.32 Å². The van der Waals surface area contributed by atoms with Crippen molar-refractivity contribution in [3.63, 3.8) is 0 Å². The third kappa shape index (κ3) is 2.42. The quantitative estimate of drug-likeness (QED) is 0.872. The van der Waals surface area contributed by atoms with Crippen molar-refractivity contribution >= 4 is 21.7 Å². The number of aryl methyl sites for hydroxylation is 2. The fourth-order valence-electron chi connectivity index (χ4n) is 1.32. The maximum Gasteiger partial charge on any atom is 0.152 e. The molecule has 1 aromatic heterocycles. The van der Waals surface area contributed by atoms with Crippen molar-refractivity contribution in [1.82, 2.24) is 15.1 Å². The Labute approximate surface area is 91.8 Å². The van der Waals surface area contributed by atoms with Gasteiger partial charge in [0.05, 0.1) is 28.8 Å². The third-order valence-electron chi connectivity index (χ3n) is 2.00. The van der Waals surface area contributed by atoms with Crippen LogP contribution in [0.1, 0.15) is 11.4 Å². The van der Waals surface area contributed by atoms with Crippen LogP contribution in [0, 0.1) is 6.92 Å². The molecule has 0 fully saturated rings. The summed E-state index contributed by atoms with van der Waals surface area (Å²) in [6.45, 7) is 2.31. The maximum atomic E-state index is 11.4. The summed E-state index contributed by atoms with van der Waals surface area (Å²) in [6.07, 6.45) is 0.415. The van der Waals surface area contributed by atoms with Crippen LogP contribution in [-0.2, 0) is 18.3 Å². The number of aromatic nitrogens is 2. The number of hydrogen-bond acceptors (Lipinski definition) is 3. The molecule has 0 bridgehead atoms. The van der Waals surface area contributed by atoms with Gasteiger partial charge in [0.2, 0.25) is 0 Å². The Morgan fingerprint density at radius 3 is 2.71 bits per heavy atom. The first-order valence-corrected chi connectivity index (χ1v) is 5.19. The number of Topliss-reactive ketones (excluding diaryl/α,β-unsaturated/α-hetero) is 1. The van der Waals surface area contributed by atoms with E-state index in [1.807, 2.05) is 14.0 Å². The Hall–Kier alpha value is -0.680. The van der Waals surface area contributed by atoms with Crippen LogP contribution < -0.4 is 5.32 Å². The lowest BCUT2D eigenvalue weighted by Crippen LogP contribution is -2.21. The van der Waals surface area contributed by atoms with E-state index in [1.54, 1.807) is 11.7 Å². The number of nitrogens with zero attached hydrogens (tertiary/aromatic N) is 2. The normalized spacial score (nSPS) is 10.6. The van der Waals surface area contributed by atoms with E-state index in [9.17, 15) is 4.79 Å². The number of halogens is 1. The van der Waals surface area contributed by atoms with Crippen LogP contribution in [-0.4, -0.2) is 29.2 Å². The zero-order valence-corrected chi connectivity index (χ0v) is 10.2. The summed E-state index contributed by atoms with van der Waals surface area (Å²) >= 11 is 3.42. The highest BCUT2D eigenvalue weighted by molar-refractivity contribution is 9.10. The van der Waals surface area contributed by atoms with Gasteiger partial charge in [0, 0.05) is 7.05 Å². The molecular weight excluding hydrogens is 246 g/mol. The smallest absolute Gasteiger partial charge is 0.152 e. The van der Waals surface area contributed by atoms with Crippen LogP contribution in [0.25, 0.3) is 0 Å². The zero-order valence-electron chi connectivity index (χ0n) is 8.59. The SMILES string of the molecule is CNCC(=O)Cc1c(Br)c(C)nn1C. The van der Waals surface area contributed by atoms with Crippen molar-refractivity contribution < 1.29 is 4.79 Å². The highest BCUT2D eigenvalue weighted by Gasteiger charge is 2.13. The number of likely N-dealkylation sites (N-methyl/N-ethyl adjacent to an activating group) is 1. The highest BCUT2D eigenvalue weighted by atomic mass is 79.9. The first-order valence-electron chi connectivity index (χ1n) is 4.40. The number of ketones is 1. The van der Waals surface area contributed by atoms with E-state index in [2.05, 4.69) is 26.3 Å². The second-order valence-corrected chi connectivity index (χ2v) is 4.01. The molecule has 0 unspecified atom stereocenters. The molecule has 5 heteroatoms. The van der Waals surface area contributed by atoms with Crippen molar-refractivity contribution in [1.29, 1.82) is 0 Å². The van der Waals surface area contributed by atoms with Gasteiger partial charge in [-0.05, 0) is 29.9 Å². The van der Waals surface area contributed by atoms with Crippen LogP contribution >= 0.6 is 15.9 Å². The molecule has 0 aliphatic heterocycles. The molecule has 14 heavy (non-hydrogen) atoms. The monoisotopic (exact) mass is 259 g/mol. The largest absolute Gasteiger partial charge is 0.313 e. The molecule has 0 aliphatic carbocycles. The minimum absolute atomic E-state index is 0.163.